The molecule has 5 heterocycles. The Hall–Kier alpha value is -3.28. The number of fused-ring (bicyclic) bond motifs is 2. The molecule has 5 rings (SSSR count). The minimum Gasteiger partial charge on any atom is -0.353 e. The molecule has 0 spiro atoms. The summed E-state index contributed by atoms with van der Waals surface area (Å²) in [6, 6.07) is 2.01. The van der Waals surface area contributed by atoms with E-state index < -0.39 is 0 Å². The van der Waals surface area contributed by atoms with Gasteiger partial charge >= 0.3 is 0 Å². The Morgan fingerprint density at radius 1 is 1.03 bits per heavy atom. The number of hydrogen-bond acceptors (Lipinski definition) is 9. The van der Waals surface area contributed by atoms with Crippen LogP contribution in [0.1, 0.15) is 22.6 Å². The van der Waals surface area contributed by atoms with Crippen LogP contribution in [0.5, 0.6) is 0 Å². The van der Waals surface area contributed by atoms with Gasteiger partial charge in [-0.2, -0.15) is 19.6 Å². The summed E-state index contributed by atoms with van der Waals surface area (Å²) in [5.41, 5.74) is 3.54. The molecule has 11 nitrogen and oxygen atoms in total. The fourth-order valence-corrected chi connectivity index (χ4v) is 4.45. The first-order valence-electron chi connectivity index (χ1n) is 10.4. The lowest BCUT2D eigenvalue weighted by Crippen LogP contribution is -2.49. The van der Waals surface area contributed by atoms with Crippen molar-refractivity contribution in [2.75, 3.05) is 37.3 Å². The van der Waals surface area contributed by atoms with Crippen molar-refractivity contribution in [2.24, 2.45) is 0 Å². The predicted octanol–water partition coefficient (Wildman–Crippen LogP) is 1.10. The minimum atomic E-state index is 0.0963. The second kappa shape index (κ2) is 8.01. The second-order valence-corrected chi connectivity index (χ2v) is 8.62. The molecule has 0 aliphatic carbocycles. The molecule has 1 fully saturated rings. The summed E-state index contributed by atoms with van der Waals surface area (Å²) in [7, 11) is 0. The number of aromatic nitrogens is 8. The van der Waals surface area contributed by atoms with Crippen LogP contribution in [0.3, 0.4) is 0 Å². The van der Waals surface area contributed by atoms with E-state index in [9.17, 15) is 4.79 Å². The van der Waals surface area contributed by atoms with Gasteiger partial charge in [0.25, 0.3) is 11.6 Å². The van der Waals surface area contributed by atoms with Crippen LogP contribution in [0.15, 0.2) is 17.6 Å². The predicted molar refractivity (Wildman–Crippen MR) is 120 cm³/mol. The maximum Gasteiger partial charge on any atom is 0.254 e. The van der Waals surface area contributed by atoms with Crippen LogP contribution < -0.4 is 4.90 Å². The third-order valence-electron chi connectivity index (χ3n) is 5.86. The zero-order valence-electron chi connectivity index (χ0n) is 18.5. The SMILES string of the molecule is CSc1nc2nc(C)c(CC(=O)N3CCN(c4cc(C)nc5ncnn45)CC3)c(C)n2n1. The number of anilines is 1. The monoisotopic (exact) mass is 452 g/mol. The van der Waals surface area contributed by atoms with Gasteiger partial charge in [0.1, 0.15) is 12.1 Å². The molecule has 12 heteroatoms. The van der Waals surface area contributed by atoms with E-state index in [0.717, 1.165) is 41.6 Å². The molecule has 0 saturated carbocycles. The van der Waals surface area contributed by atoms with E-state index >= 15 is 0 Å². The molecule has 0 unspecified atom stereocenters. The van der Waals surface area contributed by atoms with Crippen LogP contribution in [0.2, 0.25) is 0 Å². The van der Waals surface area contributed by atoms with Gasteiger partial charge in [0.05, 0.1) is 6.42 Å². The molecule has 0 atom stereocenters. The molecule has 1 saturated heterocycles. The molecular formula is C20H24N10OS. The first-order valence-corrected chi connectivity index (χ1v) is 11.6. The maximum atomic E-state index is 13.1. The van der Waals surface area contributed by atoms with E-state index in [1.165, 1.54) is 18.1 Å². The summed E-state index contributed by atoms with van der Waals surface area (Å²) >= 11 is 1.48. The molecule has 1 aliphatic rings. The van der Waals surface area contributed by atoms with E-state index in [-0.39, 0.29) is 5.91 Å². The fourth-order valence-electron chi connectivity index (χ4n) is 4.12. The number of carbonyl (C=O) groups excluding carboxylic acids is 1. The number of hydrogen-bond donors (Lipinski definition) is 0. The molecule has 0 aromatic carbocycles. The normalized spacial score (nSPS) is 14.6. The van der Waals surface area contributed by atoms with Crippen LogP contribution in [-0.2, 0) is 11.2 Å². The highest BCUT2D eigenvalue weighted by Gasteiger charge is 2.25. The molecule has 166 valence electrons. The number of aryl methyl sites for hydroxylation is 3. The average Bonchev–Trinajstić information content (AvgIpc) is 3.42. The van der Waals surface area contributed by atoms with Crippen molar-refractivity contribution in [1.82, 2.24) is 44.1 Å². The molecular weight excluding hydrogens is 428 g/mol. The molecule has 4 aromatic rings. The first kappa shape index (κ1) is 20.6. The summed E-state index contributed by atoms with van der Waals surface area (Å²) in [6.45, 7) is 8.57. The molecule has 32 heavy (non-hydrogen) atoms. The molecule has 0 radical (unpaired) electrons. The van der Waals surface area contributed by atoms with Crippen molar-refractivity contribution >= 4 is 35.0 Å². The van der Waals surface area contributed by atoms with Gasteiger partial charge in [-0.1, -0.05) is 11.8 Å². The summed E-state index contributed by atoms with van der Waals surface area (Å²) in [6.07, 6.45) is 3.75. The number of amides is 1. The maximum absolute atomic E-state index is 13.1. The Morgan fingerprint density at radius 3 is 2.56 bits per heavy atom. The van der Waals surface area contributed by atoms with Gasteiger partial charge in [0.2, 0.25) is 11.1 Å². The minimum absolute atomic E-state index is 0.0963. The molecule has 0 N–H and O–H groups in total. The Bertz CT molecular complexity index is 1320. The summed E-state index contributed by atoms with van der Waals surface area (Å²) in [4.78, 5) is 34.9. The largest absolute Gasteiger partial charge is 0.353 e. The number of carbonyl (C=O) groups is 1. The molecule has 0 bridgehead atoms. The number of piperazine rings is 1. The number of nitrogens with zero attached hydrogens (tertiary/aromatic N) is 10. The van der Waals surface area contributed by atoms with Crippen LogP contribution in [0, 0.1) is 20.8 Å². The van der Waals surface area contributed by atoms with E-state index in [4.69, 9.17) is 0 Å². The highest BCUT2D eigenvalue weighted by atomic mass is 32.2. The third-order valence-corrected chi connectivity index (χ3v) is 6.40. The lowest BCUT2D eigenvalue weighted by molar-refractivity contribution is -0.130. The van der Waals surface area contributed by atoms with E-state index in [1.807, 2.05) is 38.0 Å². The average molecular weight is 453 g/mol. The Balaban J connectivity index is 1.31. The summed E-state index contributed by atoms with van der Waals surface area (Å²) in [5, 5.41) is 9.45. The van der Waals surface area contributed by atoms with Crippen LogP contribution >= 0.6 is 11.8 Å². The smallest absolute Gasteiger partial charge is 0.254 e. The van der Waals surface area contributed by atoms with Crippen molar-refractivity contribution in [2.45, 2.75) is 32.3 Å². The highest BCUT2D eigenvalue weighted by Crippen LogP contribution is 2.20. The van der Waals surface area contributed by atoms with Crippen molar-refractivity contribution in [3.05, 3.63) is 35.0 Å². The van der Waals surface area contributed by atoms with Crippen molar-refractivity contribution in [3.8, 4) is 0 Å². The molecule has 4 aromatic heterocycles. The van der Waals surface area contributed by atoms with Gasteiger partial charge in [-0.3, -0.25) is 4.79 Å². The topological polar surface area (TPSA) is 110 Å². The van der Waals surface area contributed by atoms with Crippen LogP contribution in [0.4, 0.5) is 5.82 Å². The molecule has 1 amide bonds. The standard InChI is InChI=1S/C20H24N10OS/c1-12-9-16(30-18(23-12)21-11-22-30)27-5-7-28(8-6-27)17(31)10-15-13(2)24-19-25-20(32-4)26-29(19)14(15)3/h9,11H,5-8,10H2,1-4H3. The lowest BCUT2D eigenvalue weighted by Gasteiger charge is -2.36. The quantitative estimate of drug-likeness (QED) is 0.420. The Labute approximate surface area is 188 Å². The van der Waals surface area contributed by atoms with E-state index in [0.29, 0.717) is 36.2 Å². The van der Waals surface area contributed by atoms with Gasteiger partial charge in [0.15, 0.2) is 0 Å². The molecule has 1 aliphatic heterocycles. The summed E-state index contributed by atoms with van der Waals surface area (Å²) in [5.74, 6) is 2.21. The van der Waals surface area contributed by atoms with Crippen molar-refractivity contribution < 1.29 is 4.79 Å². The van der Waals surface area contributed by atoms with Gasteiger partial charge in [0, 0.05) is 54.9 Å². The fraction of sp³-hybridized carbons (Fsp3) is 0.450. The van der Waals surface area contributed by atoms with E-state index in [1.54, 1.807) is 9.03 Å². The van der Waals surface area contributed by atoms with Gasteiger partial charge in [-0.25, -0.2) is 14.5 Å². The van der Waals surface area contributed by atoms with Crippen LogP contribution in [-0.4, -0.2) is 82.4 Å². The van der Waals surface area contributed by atoms with Crippen molar-refractivity contribution in [1.29, 1.82) is 0 Å². The second-order valence-electron chi connectivity index (χ2n) is 7.84. The van der Waals surface area contributed by atoms with Gasteiger partial charge < -0.3 is 9.80 Å². The highest BCUT2D eigenvalue weighted by molar-refractivity contribution is 7.98. The summed E-state index contributed by atoms with van der Waals surface area (Å²) < 4.78 is 3.48. The van der Waals surface area contributed by atoms with E-state index in [2.05, 4.69) is 35.0 Å². The lowest BCUT2D eigenvalue weighted by atomic mass is 10.1. The van der Waals surface area contributed by atoms with Crippen LogP contribution in [0.25, 0.3) is 11.6 Å². The van der Waals surface area contributed by atoms with Crippen molar-refractivity contribution in [3.63, 3.8) is 0 Å². The van der Waals surface area contributed by atoms with Gasteiger partial charge in [-0.05, 0) is 27.0 Å². The Morgan fingerprint density at radius 2 is 1.81 bits per heavy atom. The zero-order chi connectivity index (χ0) is 22.4. The Kier molecular flexibility index (Phi) is 5.16. The van der Waals surface area contributed by atoms with Gasteiger partial charge in [-0.15, -0.1) is 5.10 Å². The third kappa shape index (κ3) is 3.53. The number of rotatable bonds is 4. The first-order chi connectivity index (χ1) is 15.4. The number of thioether (sulfide) groups is 1. The zero-order valence-corrected chi connectivity index (χ0v) is 19.3.